The quantitative estimate of drug-likeness (QED) is 0.704. The smallest absolute Gasteiger partial charge is 0.275 e. The lowest BCUT2D eigenvalue weighted by molar-refractivity contribution is 0.102. The molecular weight excluding hydrogens is 370 g/mol. The van der Waals surface area contributed by atoms with Gasteiger partial charge in [0.2, 0.25) is 0 Å². The van der Waals surface area contributed by atoms with Crippen molar-refractivity contribution in [2.75, 3.05) is 11.9 Å². The van der Waals surface area contributed by atoms with Crippen molar-refractivity contribution in [3.8, 4) is 10.6 Å². The number of benzene rings is 1. The molecule has 1 atom stereocenters. The number of hydrogen-bond acceptors (Lipinski definition) is 5. The van der Waals surface area contributed by atoms with Crippen molar-refractivity contribution in [2.24, 2.45) is 7.05 Å². The molecule has 4 rings (SSSR count). The van der Waals surface area contributed by atoms with E-state index in [1.54, 1.807) is 16.3 Å². The number of likely N-dealkylation sites (tertiary alicyclic amines) is 1. The summed E-state index contributed by atoms with van der Waals surface area (Å²) in [7, 11) is 1.86. The zero-order chi connectivity index (χ0) is 19.5. The van der Waals surface area contributed by atoms with Gasteiger partial charge in [0.1, 0.15) is 10.7 Å². The van der Waals surface area contributed by atoms with Gasteiger partial charge in [-0.1, -0.05) is 18.6 Å². The molecule has 6 nitrogen and oxygen atoms in total. The fourth-order valence-corrected chi connectivity index (χ4v) is 4.33. The third-order valence-electron chi connectivity index (χ3n) is 5.23. The molecule has 0 spiro atoms. The summed E-state index contributed by atoms with van der Waals surface area (Å²) in [6, 6.07) is 8.77. The van der Waals surface area contributed by atoms with Crippen LogP contribution in [0.2, 0.25) is 0 Å². The number of nitrogens with zero attached hydrogens (tertiary/aromatic N) is 4. The third kappa shape index (κ3) is 4.31. The molecule has 3 heterocycles. The summed E-state index contributed by atoms with van der Waals surface area (Å²) >= 11 is 1.45. The van der Waals surface area contributed by atoms with E-state index < -0.39 is 0 Å². The number of anilines is 1. The van der Waals surface area contributed by atoms with Crippen LogP contribution >= 0.6 is 11.3 Å². The highest BCUT2D eigenvalue weighted by molar-refractivity contribution is 7.13. The number of aromatic nitrogens is 3. The molecule has 1 N–H and O–H groups in total. The molecule has 1 amide bonds. The van der Waals surface area contributed by atoms with Crippen LogP contribution in [0.1, 0.15) is 42.2 Å². The van der Waals surface area contributed by atoms with E-state index in [0.717, 1.165) is 22.8 Å². The van der Waals surface area contributed by atoms with E-state index in [0.29, 0.717) is 11.7 Å². The molecule has 1 aromatic carbocycles. The number of rotatable bonds is 5. The first-order chi connectivity index (χ1) is 13.6. The molecule has 146 valence electrons. The van der Waals surface area contributed by atoms with Gasteiger partial charge in [-0.2, -0.15) is 5.10 Å². The number of nitrogens with one attached hydrogen (secondary N) is 1. The Bertz CT molecular complexity index is 946. The summed E-state index contributed by atoms with van der Waals surface area (Å²) in [5.74, 6) is -0.191. The second-order valence-corrected chi connectivity index (χ2v) is 8.27. The fourth-order valence-electron chi connectivity index (χ4n) is 3.56. The Hall–Kier alpha value is -2.51. The maximum absolute atomic E-state index is 12.5. The molecule has 28 heavy (non-hydrogen) atoms. The van der Waals surface area contributed by atoms with E-state index in [-0.39, 0.29) is 5.91 Å². The predicted octanol–water partition coefficient (Wildman–Crippen LogP) is 4.17. The van der Waals surface area contributed by atoms with E-state index in [9.17, 15) is 4.79 Å². The van der Waals surface area contributed by atoms with Crippen LogP contribution < -0.4 is 5.32 Å². The lowest BCUT2D eigenvalue weighted by Crippen LogP contribution is -2.36. The largest absolute Gasteiger partial charge is 0.321 e. The lowest BCUT2D eigenvalue weighted by Gasteiger charge is -2.33. The van der Waals surface area contributed by atoms with Crippen molar-refractivity contribution in [3.05, 3.63) is 53.3 Å². The molecule has 0 bridgehead atoms. The number of piperidine rings is 1. The average Bonchev–Trinajstić information content (AvgIpc) is 3.34. The van der Waals surface area contributed by atoms with Crippen LogP contribution in [-0.4, -0.2) is 38.2 Å². The number of hydrogen-bond donors (Lipinski definition) is 1. The van der Waals surface area contributed by atoms with Gasteiger partial charge in [0.25, 0.3) is 5.91 Å². The maximum atomic E-state index is 12.5. The Morgan fingerprint density at radius 1 is 1.29 bits per heavy atom. The first kappa shape index (κ1) is 18.8. The molecule has 1 fully saturated rings. The first-order valence-electron chi connectivity index (χ1n) is 9.67. The van der Waals surface area contributed by atoms with E-state index in [4.69, 9.17) is 0 Å². The molecule has 0 unspecified atom stereocenters. The van der Waals surface area contributed by atoms with Gasteiger partial charge in [-0.05, 0) is 44.0 Å². The molecule has 0 radical (unpaired) electrons. The van der Waals surface area contributed by atoms with E-state index >= 15 is 0 Å². The van der Waals surface area contributed by atoms with Crippen molar-refractivity contribution in [2.45, 2.75) is 38.8 Å². The predicted molar refractivity (Wildman–Crippen MR) is 112 cm³/mol. The number of thiazole rings is 1. The summed E-state index contributed by atoms with van der Waals surface area (Å²) in [6.07, 6.45) is 7.54. The lowest BCUT2D eigenvalue weighted by atomic mass is 10.0. The molecule has 0 aliphatic carbocycles. The number of amides is 1. The SMILES string of the molecule is C[C@H]1CCCCN1Cc1ccc(NC(=O)c2csc(-c3cnn(C)c3)n2)cc1. The third-order valence-corrected chi connectivity index (χ3v) is 6.12. The van der Waals surface area contributed by atoms with Gasteiger partial charge in [0, 0.05) is 42.5 Å². The molecule has 2 aromatic heterocycles. The zero-order valence-corrected chi connectivity index (χ0v) is 17.1. The van der Waals surface area contributed by atoms with E-state index in [2.05, 4.69) is 39.4 Å². The van der Waals surface area contributed by atoms with Gasteiger partial charge in [-0.25, -0.2) is 4.98 Å². The van der Waals surface area contributed by atoms with Gasteiger partial charge in [0.05, 0.1) is 6.20 Å². The summed E-state index contributed by atoms with van der Waals surface area (Å²) in [4.78, 5) is 19.5. The van der Waals surface area contributed by atoms with E-state index in [1.807, 2.05) is 25.4 Å². The second-order valence-electron chi connectivity index (χ2n) is 7.41. The normalized spacial score (nSPS) is 17.6. The minimum absolute atomic E-state index is 0.191. The van der Waals surface area contributed by atoms with Gasteiger partial charge in [0.15, 0.2) is 0 Å². The highest BCUT2D eigenvalue weighted by Crippen LogP contribution is 2.24. The molecule has 7 heteroatoms. The number of carbonyl (C=O) groups is 1. The summed E-state index contributed by atoms with van der Waals surface area (Å²) in [5.41, 5.74) is 3.41. The van der Waals surface area contributed by atoms with Crippen molar-refractivity contribution < 1.29 is 4.79 Å². The van der Waals surface area contributed by atoms with Gasteiger partial charge >= 0.3 is 0 Å². The van der Waals surface area contributed by atoms with Crippen molar-refractivity contribution in [1.29, 1.82) is 0 Å². The average molecular weight is 396 g/mol. The van der Waals surface area contributed by atoms with Crippen LogP contribution in [0.5, 0.6) is 0 Å². The Morgan fingerprint density at radius 3 is 2.82 bits per heavy atom. The highest BCUT2D eigenvalue weighted by atomic mass is 32.1. The Labute approximate surface area is 169 Å². The van der Waals surface area contributed by atoms with Crippen LogP contribution in [0.3, 0.4) is 0 Å². The molecule has 1 aliphatic rings. The highest BCUT2D eigenvalue weighted by Gasteiger charge is 2.18. The molecule has 0 saturated carbocycles. The minimum Gasteiger partial charge on any atom is -0.321 e. The van der Waals surface area contributed by atoms with Gasteiger partial charge in [-0.3, -0.25) is 14.4 Å². The Kier molecular flexibility index (Phi) is 5.54. The topological polar surface area (TPSA) is 63.1 Å². The first-order valence-corrected chi connectivity index (χ1v) is 10.6. The number of carbonyl (C=O) groups excluding carboxylic acids is 1. The molecule has 1 aliphatic heterocycles. The second kappa shape index (κ2) is 8.24. The monoisotopic (exact) mass is 395 g/mol. The van der Waals surface area contributed by atoms with Crippen molar-refractivity contribution >= 4 is 22.9 Å². The number of aryl methyl sites for hydroxylation is 1. The van der Waals surface area contributed by atoms with Crippen molar-refractivity contribution in [3.63, 3.8) is 0 Å². The zero-order valence-electron chi connectivity index (χ0n) is 16.3. The Morgan fingerprint density at radius 2 is 2.11 bits per heavy atom. The summed E-state index contributed by atoms with van der Waals surface area (Å²) in [6.45, 7) is 4.44. The standard InChI is InChI=1S/C21H25N5OS/c1-15-5-3-4-10-26(15)12-16-6-8-18(9-7-16)23-20(27)19-14-28-21(24-19)17-11-22-25(2)13-17/h6-9,11,13-15H,3-5,10,12H2,1-2H3,(H,23,27)/t15-/m0/s1. The Balaban J connectivity index is 1.37. The van der Waals surface area contributed by atoms with Gasteiger partial charge < -0.3 is 5.32 Å². The summed E-state index contributed by atoms with van der Waals surface area (Å²) in [5, 5.41) is 9.66. The van der Waals surface area contributed by atoms with Crippen LogP contribution in [0.4, 0.5) is 5.69 Å². The van der Waals surface area contributed by atoms with Gasteiger partial charge in [-0.15, -0.1) is 11.3 Å². The molecule has 3 aromatic rings. The van der Waals surface area contributed by atoms with E-state index in [1.165, 1.54) is 42.7 Å². The van der Waals surface area contributed by atoms with Crippen LogP contribution in [0, 0.1) is 0 Å². The maximum Gasteiger partial charge on any atom is 0.275 e. The van der Waals surface area contributed by atoms with Crippen LogP contribution in [0.15, 0.2) is 42.0 Å². The fraction of sp³-hybridized carbons (Fsp3) is 0.381. The van der Waals surface area contributed by atoms with Crippen LogP contribution in [0.25, 0.3) is 10.6 Å². The van der Waals surface area contributed by atoms with Crippen LogP contribution in [-0.2, 0) is 13.6 Å². The summed E-state index contributed by atoms with van der Waals surface area (Å²) < 4.78 is 1.72. The molecule has 1 saturated heterocycles. The minimum atomic E-state index is -0.191. The van der Waals surface area contributed by atoms with Crippen molar-refractivity contribution in [1.82, 2.24) is 19.7 Å². The molecular formula is C21H25N5OS.